The Kier molecular flexibility index (Phi) is 4.37. The number of rotatable bonds is 4. The van der Waals surface area contributed by atoms with Crippen LogP contribution in [-0.4, -0.2) is 26.8 Å². The minimum absolute atomic E-state index is 0.711. The summed E-state index contributed by atoms with van der Waals surface area (Å²) in [6.07, 6.45) is 3.47. The van der Waals surface area contributed by atoms with Crippen molar-refractivity contribution in [2.24, 2.45) is 0 Å². The highest BCUT2D eigenvalue weighted by Crippen LogP contribution is 2.27. The lowest BCUT2D eigenvalue weighted by Crippen LogP contribution is -2.14. The van der Waals surface area contributed by atoms with Crippen molar-refractivity contribution in [2.45, 2.75) is 25.2 Å². The Balaban J connectivity index is 2.02. The average Bonchev–Trinajstić information content (AvgIpc) is 2.38. The number of likely N-dealkylation sites (N-methyl/N-ethyl adjacent to an activating group) is 1. The Bertz CT molecular complexity index is 318. The molecule has 0 aliphatic carbocycles. The third-order valence-electron chi connectivity index (χ3n) is 3.31. The lowest BCUT2D eigenvalue weighted by atomic mass is 9.90. The molecule has 0 spiro atoms. The third kappa shape index (κ3) is 3.06. The quantitative estimate of drug-likeness (QED) is 0.839. The first kappa shape index (κ1) is 11.6. The normalized spacial score (nSPS) is 17.6. The summed E-state index contributed by atoms with van der Waals surface area (Å²) in [7, 11) is 2.00. The molecule has 1 aliphatic rings. The number of hydrogen-bond donors (Lipinski definition) is 1. The number of nitrogens with one attached hydrogen (secondary N) is 1. The van der Waals surface area contributed by atoms with Crippen LogP contribution in [0.1, 0.15) is 29.9 Å². The highest BCUT2D eigenvalue weighted by Gasteiger charge is 2.15. The molecular formula is C14H21NO. The summed E-state index contributed by atoms with van der Waals surface area (Å²) in [5.74, 6) is 0.711. The molecular weight excluding hydrogens is 198 g/mol. The molecule has 0 atom stereocenters. The summed E-state index contributed by atoms with van der Waals surface area (Å²) in [6.45, 7) is 2.90. The maximum Gasteiger partial charge on any atom is 0.0471 e. The predicted octanol–water partition coefficient (Wildman–Crippen LogP) is 2.34. The lowest BCUT2D eigenvalue weighted by molar-refractivity contribution is 0.0853. The van der Waals surface area contributed by atoms with E-state index in [1.54, 1.807) is 0 Å². The second kappa shape index (κ2) is 6.02. The van der Waals surface area contributed by atoms with Gasteiger partial charge >= 0.3 is 0 Å². The van der Waals surface area contributed by atoms with Crippen LogP contribution in [-0.2, 0) is 11.2 Å². The molecule has 0 unspecified atom stereocenters. The van der Waals surface area contributed by atoms with E-state index in [4.69, 9.17) is 4.74 Å². The van der Waals surface area contributed by atoms with Crippen LogP contribution in [0.15, 0.2) is 24.3 Å². The van der Waals surface area contributed by atoms with Crippen molar-refractivity contribution in [3.63, 3.8) is 0 Å². The molecule has 1 aliphatic heterocycles. The first-order chi connectivity index (χ1) is 7.90. The summed E-state index contributed by atoms with van der Waals surface area (Å²) in [5.41, 5.74) is 2.94. The summed E-state index contributed by atoms with van der Waals surface area (Å²) < 4.78 is 5.41. The van der Waals surface area contributed by atoms with Gasteiger partial charge in [0.05, 0.1) is 0 Å². The molecule has 0 amide bonds. The van der Waals surface area contributed by atoms with Crippen LogP contribution in [0.4, 0.5) is 0 Å². The lowest BCUT2D eigenvalue weighted by Gasteiger charge is -2.22. The molecule has 2 heteroatoms. The molecule has 1 N–H and O–H groups in total. The molecule has 2 rings (SSSR count). The fourth-order valence-corrected chi connectivity index (χ4v) is 2.30. The number of benzene rings is 1. The summed E-state index contributed by atoms with van der Waals surface area (Å²) in [6, 6.07) is 9.04. The standard InChI is InChI=1S/C14H21NO/c1-15-8-5-12-3-2-4-14(11-12)13-6-9-16-10-7-13/h2-4,11,13,15H,5-10H2,1H3. The van der Waals surface area contributed by atoms with E-state index in [1.165, 1.54) is 24.0 Å². The first-order valence-corrected chi connectivity index (χ1v) is 6.21. The molecule has 16 heavy (non-hydrogen) atoms. The molecule has 1 aromatic carbocycles. The number of hydrogen-bond acceptors (Lipinski definition) is 2. The van der Waals surface area contributed by atoms with E-state index in [0.717, 1.165) is 26.2 Å². The topological polar surface area (TPSA) is 21.3 Å². The molecule has 0 bridgehead atoms. The van der Waals surface area contributed by atoms with Gasteiger partial charge in [-0.25, -0.2) is 0 Å². The van der Waals surface area contributed by atoms with Gasteiger partial charge in [0.15, 0.2) is 0 Å². The zero-order valence-electron chi connectivity index (χ0n) is 10.0. The van der Waals surface area contributed by atoms with Gasteiger partial charge in [0, 0.05) is 13.2 Å². The minimum atomic E-state index is 0.711. The van der Waals surface area contributed by atoms with Crippen molar-refractivity contribution in [3.8, 4) is 0 Å². The van der Waals surface area contributed by atoms with Crippen LogP contribution in [0.25, 0.3) is 0 Å². The zero-order valence-corrected chi connectivity index (χ0v) is 10.0. The van der Waals surface area contributed by atoms with E-state index in [1.807, 2.05) is 7.05 Å². The maximum absolute atomic E-state index is 5.41. The minimum Gasteiger partial charge on any atom is -0.381 e. The van der Waals surface area contributed by atoms with Crippen LogP contribution in [0.2, 0.25) is 0 Å². The first-order valence-electron chi connectivity index (χ1n) is 6.21. The van der Waals surface area contributed by atoms with Crippen molar-refractivity contribution in [1.29, 1.82) is 0 Å². The molecule has 1 heterocycles. The Labute approximate surface area is 98.0 Å². The van der Waals surface area contributed by atoms with E-state index >= 15 is 0 Å². The average molecular weight is 219 g/mol. The van der Waals surface area contributed by atoms with Crippen molar-refractivity contribution in [1.82, 2.24) is 5.32 Å². The molecule has 1 fully saturated rings. The van der Waals surface area contributed by atoms with Crippen molar-refractivity contribution in [2.75, 3.05) is 26.8 Å². The van der Waals surface area contributed by atoms with Gasteiger partial charge in [-0.3, -0.25) is 0 Å². The smallest absolute Gasteiger partial charge is 0.0471 e. The second-order valence-corrected chi connectivity index (χ2v) is 4.49. The van der Waals surface area contributed by atoms with E-state index in [9.17, 15) is 0 Å². The van der Waals surface area contributed by atoms with Crippen molar-refractivity contribution in [3.05, 3.63) is 35.4 Å². The van der Waals surface area contributed by atoms with Gasteiger partial charge < -0.3 is 10.1 Å². The molecule has 1 aromatic rings. The van der Waals surface area contributed by atoms with E-state index in [2.05, 4.69) is 29.6 Å². The van der Waals surface area contributed by atoms with Gasteiger partial charge in [-0.1, -0.05) is 24.3 Å². The molecule has 1 saturated heterocycles. The Morgan fingerprint density at radius 1 is 1.31 bits per heavy atom. The Morgan fingerprint density at radius 3 is 2.88 bits per heavy atom. The molecule has 88 valence electrons. The fraction of sp³-hybridized carbons (Fsp3) is 0.571. The third-order valence-corrected chi connectivity index (χ3v) is 3.31. The number of ether oxygens (including phenoxy) is 1. The van der Waals surface area contributed by atoms with Crippen LogP contribution < -0.4 is 5.32 Å². The van der Waals surface area contributed by atoms with Crippen LogP contribution >= 0.6 is 0 Å². The van der Waals surface area contributed by atoms with Crippen molar-refractivity contribution >= 4 is 0 Å². The van der Waals surface area contributed by atoms with Gasteiger partial charge in [0.2, 0.25) is 0 Å². The highest BCUT2D eigenvalue weighted by molar-refractivity contribution is 5.27. The van der Waals surface area contributed by atoms with Crippen LogP contribution in [0.5, 0.6) is 0 Å². The largest absolute Gasteiger partial charge is 0.381 e. The molecule has 2 nitrogen and oxygen atoms in total. The molecule has 0 radical (unpaired) electrons. The summed E-state index contributed by atoms with van der Waals surface area (Å²) in [4.78, 5) is 0. The summed E-state index contributed by atoms with van der Waals surface area (Å²) >= 11 is 0. The van der Waals surface area contributed by atoms with E-state index < -0.39 is 0 Å². The van der Waals surface area contributed by atoms with E-state index in [-0.39, 0.29) is 0 Å². The van der Waals surface area contributed by atoms with Gasteiger partial charge in [0.1, 0.15) is 0 Å². The zero-order chi connectivity index (χ0) is 11.2. The van der Waals surface area contributed by atoms with E-state index in [0.29, 0.717) is 5.92 Å². The SMILES string of the molecule is CNCCc1cccc(C2CCOCC2)c1. The fourth-order valence-electron chi connectivity index (χ4n) is 2.30. The molecule has 0 aromatic heterocycles. The second-order valence-electron chi connectivity index (χ2n) is 4.49. The predicted molar refractivity (Wildman–Crippen MR) is 66.9 cm³/mol. The maximum atomic E-state index is 5.41. The van der Waals surface area contributed by atoms with Gasteiger partial charge in [-0.15, -0.1) is 0 Å². The van der Waals surface area contributed by atoms with Gasteiger partial charge in [-0.2, -0.15) is 0 Å². The van der Waals surface area contributed by atoms with Crippen LogP contribution in [0.3, 0.4) is 0 Å². The van der Waals surface area contributed by atoms with Crippen LogP contribution in [0, 0.1) is 0 Å². The Morgan fingerprint density at radius 2 is 2.12 bits per heavy atom. The van der Waals surface area contributed by atoms with Gasteiger partial charge in [-0.05, 0) is 49.9 Å². The highest BCUT2D eigenvalue weighted by atomic mass is 16.5. The molecule has 0 saturated carbocycles. The summed E-state index contributed by atoms with van der Waals surface area (Å²) in [5, 5.41) is 3.20. The Hall–Kier alpha value is -0.860. The van der Waals surface area contributed by atoms with Crippen molar-refractivity contribution < 1.29 is 4.74 Å². The van der Waals surface area contributed by atoms with Gasteiger partial charge in [0.25, 0.3) is 0 Å². The monoisotopic (exact) mass is 219 g/mol.